The minimum atomic E-state index is -0.0727. The van der Waals surface area contributed by atoms with Gasteiger partial charge in [0.05, 0.1) is 25.7 Å². The average molecular weight is 292 g/mol. The highest BCUT2D eigenvalue weighted by Crippen LogP contribution is 2.40. The SMILES string of the molecule is COc1ccc(Br)cc1C1(CCl)COC1. The van der Waals surface area contributed by atoms with Gasteiger partial charge in [-0.05, 0) is 18.2 Å². The van der Waals surface area contributed by atoms with Crippen LogP contribution in [0.5, 0.6) is 5.75 Å². The Labute approximate surface area is 103 Å². The number of ether oxygens (including phenoxy) is 2. The Hall–Kier alpha value is -0.250. The first-order valence-electron chi connectivity index (χ1n) is 4.69. The largest absolute Gasteiger partial charge is 0.496 e. The summed E-state index contributed by atoms with van der Waals surface area (Å²) >= 11 is 9.49. The Kier molecular flexibility index (Phi) is 3.24. The molecular weight excluding hydrogens is 279 g/mol. The molecule has 0 saturated carbocycles. The molecule has 0 N–H and O–H groups in total. The van der Waals surface area contributed by atoms with Gasteiger partial charge >= 0.3 is 0 Å². The van der Waals surface area contributed by atoms with Gasteiger partial charge in [0.15, 0.2) is 0 Å². The van der Waals surface area contributed by atoms with Crippen LogP contribution in [0.4, 0.5) is 0 Å². The van der Waals surface area contributed by atoms with Crippen molar-refractivity contribution in [2.75, 3.05) is 26.2 Å². The lowest BCUT2D eigenvalue weighted by molar-refractivity contribution is -0.0489. The Bertz CT molecular complexity index is 358. The van der Waals surface area contributed by atoms with Crippen LogP contribution in [0.3, 0.4) is 0 Å². The molecule has 82 valence electrons. The summed E-state index contributed by atoms with van der Waals surface area (Å²) in [5.74, 6) is 1.43. The zero-order chi connectivity index (χ0) is 10.9. The molecule has 0 radical (unpaired) electrons. The third-order valence-corrected chi connectivity index (χ3v) is 3.75. The summed E-state index contributed by atoms with van der Waals surface area (Å²) in [5.41, 5.74) is 1.05. The highest BCUT2D eigenvalue weighted by atomic mass is 79.9. The predicted molar refractivity (Wildman–Crippen MR) is 63.9 cm³/mol. The third kappa shape index (κ3) is 1.88. The van der Waals surface area contributed by atoms with E-state index in [0.29, 0.717) is 19.1 Å². The Morgan fingerprint density at radius 2 is 2.27 bits per heavy atom. The lowest BCUT2D eigenvalue weighted by Gasteiger charge is -2.41. The molecule has 0 unspecified atom stereocenters. The first-order chi connectivity index (χ1) is 7.22. The number of benzene rings is 1. The lowest BCUT2D eigenvalue weighted by atomic mass is 9.80. The average Bonchev–Trinajstić information content (AvgIpc) is 2.17. The maximum atomic E-state index is 6.03. The van der Waals surface area contributed by atoms with Crippen LogP contribution in [-0.4, -0.2) is 26.2 Å². The Morgan fingerprint density at radius 3 is 2.73 bits per heavy atom. The minimum absolute atomic E-state index is 0.0727. The molecule has 1 heterocycles. The molecule has 0 bridgehead atoms. The molecule has 1 fully saturated rings. The molecule has 0 aromatic heterocycles. The topological polar surface area (TPSA) is 18.5 Å². The highest BCUT2D eigenvalue weighted by Gasteiger charge is 2.41. The fraction of sp³-hybridized carbons (Fsp3) is 0.455. The van der Waals surface area contributed by atoms with Gasteiger partial charge in [-0.1, -0.05) is 15.9 Å². The van der Waals surface area contributed by atoms with Crippen LogP contribution in [0.2, 0.25) is 0 Å². The van der Waals surface area contributed by atoms with E-state index in [1.54, 1.807) is 7.11 Å². The van der Waals surface area contributed by atoms with Gasteiger partial charge in [-0.3, -0.25) is 0 Å². The fourth-order valence-electron chi connectivity index (χ4n) is 1.75. The molecule has 2 nitrogen and oxygen atoms in total. The lowest BCUT2D eigenvalue weighted by Crippen LogP contribution is -2.48. The van der Waals surface area contributed by atoms with Gasteiger partial charge in [-0.2, -0.15) is 0 Å². The summed E-state index contributed by atoms with van der Waals surface area (Å²) < 4.78 is 11.7. The van der Waals surface area contributed by atoms with Crippen molar-refractivity contribution in [2.24, 2.45) is 0 Å². The number of hydrogen-bond acceptors (Lipinski definition) is 2. The van der Waals surface area contributed by atoms with E-state index < -0.39 is 0 Å². The molecular formula is C11H12BrClO2. The van der Waals surface area contributed by atoms with Crippen LogP contribution in [0.1, 0.15) is 5.56 Å². The normalized spacial score (nSPS) is 18.3. The van der Waals surface area contributed by atoms with E-state index >= 15 is 0 Å². The molecule has 15 heavy (non-hydrogen) atoms. The number of rotatable bonds is 3. The van der Waals surface area contributed by atoms with Crippen molar-refractivity contribution >= 4 is 27.5 Å². The van der Waals surface area contributed by atoms with Gasteiger partial charge < -0.3 is 9.47 Å². The summed E-state index contributed by atoms with van der Waals surface area (Å²) in [6.07, 6.45) is 0. The van der Waals surface area contributed by atoms with Gasteiger partial charge in [-0.15, -0.1) is 11.6 Å². The molecule has 1 aromatic carbocycles. The van der Waals surface area contributed by atoms with Crippen LogP contribution >= 0.6 is 27.5 Å². The van der Waals surface area contributed by atoms with Crippen LogP contribution in [-0.2, 0) is 10.2 Å². The van der Waals surface area contributed by atoms with Gasteiger partial charge in [0.1, 0.15) is 5.75 Å². The molecule has 1 aliphatic rings. The molecule has 1 aliphatic heterocycles. The summed E-state index contributed by atoms with van der Waals surface area (Å²) in [4.78, 5) is 0. The summed E-state index contributed by atoms with van der Waals surface area (Å²) in [5, 5.41) is 0. The smallest absolute Gasteiger partial charge is 0.122 e. The Morgan fingerprint density at radius 1 is 1.53 bits per heavy atom. The van der Waals surface area contributed by atoms with E-state index in [9.17, 15) is 0 Å². The molecule has 0 aliphatic carbocycles. The fourth-order valence-corrected chi connectivity index (χ4v) is 2.41. The molecule has 0 atom stereocenters. The molecule has 0 spiro atoms. The first-order valence-corrected chi connectivity index (χ1v) is 6.02. The van der Waals surface area contributed by atoms with Crippen LogP contribution in [0.25, 0.3) is 0 Å². The number of hydrogen-bond donors (Lipinski definition) is 0. The van der Waals surface area contributed by atoms with E-state index in [1.165, 1.54) is 0 Å². The second kappa shape index (κ2) is 4.32. The standard InChI is InChI=1S/C11H12BrClO2/c1-14-10-3-2-8(12)4-9(10)11(5-13)6-15-7-11/h2-4H,5-7H2,1H3. The maximum absolute atomic E-state index is 6.03. The van der Waals surface area contributed by atoms with Gasteiger partial charge in [0.2, 0.25) is 0 Å². The molecule has 1 aromatic rings. The van der Waals surface area contributed by atoms with Gasteiger partial charge in [0.25, 0.3) is 0 Å². The van der Waals surface area contributed by atoms with Crippen LogP contribution < -0.4 is 4.74 Å². The van der Waals surface area contributed by atoms with Crippen molar-refractivity contribution in [1.29, 1.82) is 0 Å². The van der Waals surface area contributed by atoms with Crippen molar-refractivity contribution in [3.63, 3.8) is 0 Å². The maximum Gasteiger partial charge on any atom is 0.122 e. The summed E-state index contributed by atoms with van der Waals surface area (Å²) in [6.45, 7) is 1.34. The van der Waals surface area contributed by atoms with E-state index in [1.807, 2.05) is 12.1 Å². The Balaban J connectivity index is 2.44. The van der Waals surface area contributed by atoms with Crippen molar-refractivity contribution in [3.8, 4) is 5.75 Å². The highest BCUT2D eigenvalue weighted by molar-refractivity contribution is 9.10. The summed E-state index contributed by atoms with van der Waals surface area (Å²) in [7, 11) is 1.67. The minimum Gasteiger partial charge on any atom is -0.496 e. The molecule has 0 amide bonds. The number of halogens is 2. The predicted octanol–water partition coefficient (Wildman–Crippen LogP) is 2.96. The van der Waals surface area contributed by atoms with Gasteiger partial charge in [-0.25, -0.2) is 0 Å². The molecule has 2 rings (SSSR count). The summed E-state index contributed by atoms with van der Waals surface area (Å²) in [6, 6.07) is 5.97. The van der Waals surface area contributed by atoms with Crippen LogP contribution in [0, 0.1) is 0 Å². The quantitative estimate of drug-likeness (QED) is 0.797. The second-order valence-corrected chi connectivity index (χ2v) is 4.93. The van der Waals surface area contributed by atoms with E-state index in [0.717, 1.165) is 15.8 Å². The molecule has 4 heteroatoms. The number of alkyl halides is 1. The van der Waals surface area contributed by atoms with Gasteiger partial charge in [0, 0.05) is 15.9 Å². The zero-order valence-corrected chi connectivity index (χ0v) is 10.8. The third-order valence-electron chi connectivity index (χ3n) is 2.75. The van der Waals surface area contributed by atoms with E-state index in [-0.39, 0.29) is 5.41 Å². The monoisotopic (exact) mass is 290 g/mol. The molecule has 1 saturated heterocycles. The van der Waals surface area contributed by atoms with Crippen molar-refractivity contribution < 1.29 is 9.47 Å². The van der Waals surface area contributed by atoms with Crippen molar-refractivity contribution in [2.45, 2.75) is 5.41 Å². The van der Waals surface area contributed by atoms with E-state index in [2.05, 4.69) is 22.0 Å². The van der Waals surface area contributed by atoms with E-state index in [4.69, 9.17) is 21.1 Å². The second-order valence-electron chi connectivity index (χ2n) is 3.75. The number of methoxy groups -OCH3 is 1. The first kappa shape index (κ1) is 11.2. The van der Waals surface area contributed by atoms with Crippen LogP contribution in [0.15, 0.2) is 22.7 Å². The zero-order valence-electron chi connectivity index (χ0n) is 8.43. The van der Waals surface area contributed by atoms with Crippen molar-refractivity contribution in [1.82, 2.24) is 0 Å². The van der Waals surface area contributed by atoms with Crippen molar-refractivity contribution in [3.05, 3.63) is 28.2 Å².